The molecular formula is C17H24ClN3O2. The van der Waals surface area contributed by atoms with Gasteiger partial charge in [0, 0.05) is 25.2 Å². The summed E-state index contributed by atoms with van der Waals surface area (Å²) < 4.78 is 0. The van der Waals surface area contributed by atoms with Crippen molar-refractivity contribution in [2.24, 2.45) is 23.5 Å². The minimum Gasteiger partial charge on any atom is -0.355 e. The lowest BCUT2D eigenvalue weighted by molar-refractivity contribution is -0.127. The highest BCUT2D eigenvalue weighted by Gasteiger charge is 2.48. The van der Waals surface area contributed by atoms with Crippen LogP contribution in [-0.4, -0.2) is 24.9 Å². The Kier molecular flexibility index (Phi) is 5.65. The summed E-state index contributed by atoms with van der Waals surface area (Å²) in [6.45, 7) is 0.435. The summed E-state index contributed by atoms with van der Waals surface area (Å²) in [6.07, 6.45) is 3.40. The van der Waals surface area contributed by atoms with E-state index in [2.05, 4.69) is 10.6 Å². The molecule has 4 unspecified atom stereocenters. The van der Waals surface area contributed by atoms with E-state index in [9.17, 15) is 9.59 Å². The van der Waals surface area contributed by atoms with Gasteiger partial charge in [-0.15, -0.1) is 12.4 Å². The second kappa shape index (κ2) is 7.32. The summed E-state index contributed by atoms with van der Waals surface area (Å²) in [5.74, 6) is 0.878. The third kappa shape index (κ3) is 3.51. The van der Waals surface area contributed by atoms with Gasteiger partial charge in [-0.2, -0.15) is 0 Å². The quantitative estimate of drug-likeness (QED) is 0.777. The van der Waals surface area contributed by atoms with E-state index < -0.39 is 0 Å². The monoisotopic (exact) mass is 337 g/mol. The highest BCUT2D eigenvalue weighted by atomic mass is 35.5. The number of hydrogen-bond donors (Lipinski definition) is 3. The Balaban J connectivity index is 0.00000192. The fourth-order valence-corrected chi connectivity index (χ4v) is 4.00. The number of amides is 2. The molecule has 5 nitrogen and oxygen atoms in total. The smallest absolute Gasteiger partial charge is 0.251 e. The molecule has 2 amide bonds. The van der Waals surface area contributed by atoms with Crippen LogP contribution in [0, 0.1) is 17.8 Å². The van der Waals surface area contributed by atoms with Gasteiger partial charge >= 0.3 is 0 Å². The van der Waals surface area contributed by atoms with Crippen molar-refractivity contribution in [3.63, 3.8) is 0 Å². The summed E-state index contributed by atoms with van der Waals surface area (Å²) in [6, 6.07) is 7.31. The Morgan fingerprint density at radius 3 is 2.65 bits per heavy atom. The van der Waals surface area contributed by atoms with Crippen molar-refractivity contribution in [1.29, 1.82) is 0 Å². The zero-order valence-corrected chi connectivity index (χ0v) is 14.1. The molecule has 0 saturated heterocycles. The molecule has 6 heteroatoms. The van der Waals surface area contributed by atoms with Crippen LogP contribution in [-0.2, 0) is 11.3 Å². The molecule has 2 bridgehead atoms. The number of halogens is 1. The average molecular weight is 338 g/mol. The molecule has 2 aliphatic rings. The number of carbonyl (C=O) groups is 2. The van der Waals surface area contributed by atoms with E-state index in [1.165, 1.54) is 6.42 Å². The molecule has 2 fully saturated rings. The van der Waals surface area contributed by atoms with Crippen LogP contribution < -0.4 is 16.4 Å². The normalized spacial score (nSPS) is 28.1. The summed E-state index contributed by atoms with van der Waals surface area (Å²) in [7, 11) is 1.60. The Morgan fingerprint density at radius 1 is 1.26 bits per heavy atom. The van der Waals surface area contributed by atoms with Gasteiger partial charge < -0.3 is 16.4 Å². The molecule has 23 heavy (non-hydrogen) atoms. The van der Waals surface area contributed by atoms with Crippen LogP contribution in [0.1, 0.15) is 35.2 Å². The Hall–Kier alpha value is -1.59. The van der Waals surface area contributed by atoms with E-state index in [-0.39, 0.29) is 36.2 Å². The summed E-state index contributed by atoms with van der Waals surface area (Å²) >= 11 is 0. The van der Waals surface area contributed by atoms with Gasteiger partial charge in [-0.05, 0) is 48.8 Å². The summed E-state index contributed by atoms with van der Waals surface area (Å²) in [5.41, 5.74) is 7.73. The first kappa shape index (κ1) is 17.8. The second-order valence-electron chi connectivity index (χ2n) is 6.43. The molecule has 0 radical (unpaired) electrons. The highest BCUT2D eigenvalue weighted by Crippen LogP contribution is 2.47. The molecule has 1 aromatic rings. The molecule has 126 valence electrons. The van der Waals surface area contributed by atoms with Crippen molar-refractivity contribution in [2.75, 3.05) is 7.05 Å². The predicted molar refractivity (Wildman–Crippen MR) is 91.2 cm³/mol. The minimum absolute atomic E-state index is 0. The Labute approximate surface area is 142 Å². The van der Waals surface area contributed by atoms with Crippen molar-refractivity contribution in [3.05, 3.63) is 35.4 Å². The highest BCUT2D eigenvalue weighted by molar-refractivity contribution is 5.94. The van der Waals surface area contributed by atoms with Gasteiger partial charge in [0.25, 0.3) is 5.91 Å². The van der Waals surface area contributed by atoms with Crippen LogP contribution in [0.2, 0.25) is 0 Å². The standard InChI is InChI=1S/C17H23N3O2.ClH/c1-19-16(21)13-4-2-3-10(7-13)9-20-17(22)14-11-5-6-12(8-11)15(14)18;/h2-4,7,11-12,14-15H,5-6,8-9,18H2,1H3,(H,19,21)(H,20,22);1H. The topological polar surface area (TPSA) is 84.2 Å². The van der Waals surface area contributed by atoms with Gasteiger partial charge in [-0.3, -0.25) is 9.59 Å². The summed E-state index contributed by atoms with van der Waals surface area (Å²) in [4.78, 5) is 24.1. The lowest BCUT2D eigenvalue weighted by atomic mass is 9.84. The lowest BCUT2D eigenvalue weighted by Crippen LogP contribution is -2.45. The van der Waals surface area contributed by atoms with Crippen LogP contribution in [0.15, 0.2) is 24.3 Å². The first-order valence-electron chi connectivity index (χ1n) is 7.94. The molecule has 2 saturated carbocycles. The van der Waals surface area contributed by atoms with Gasteiger partial charge in [-0.25, -0.2) is 0 Å². The van der Waals surface area contributed by atoms with E-state index in [0.717, 1.165) is 18.4 Å². The maximum atomic E-state index is 12.4. The van der Waals surface area contributed by atoms with Crippen LogP contribution >= 0.6 is 12.4 Å². The van der Waals surface area contributed by atoms with E-state index in [4.69, 9.17) is 5.73 Å². The molecule has 0 spiro atoms. The van der Waals surface area contributed by atoms with E-state index in [0.29, 0.717) is 23.9 Å². The molecule has 1 aromatic carbocycles. The van der Waals surface area contributed by atoms with Gasteiger partial charge in [0.1, 0.15) is 0 Å². The number of fused-ring (bicyclic) bond motifs is 2. The Bertz CT molecular complexity index is 591. The number of nitrogens with one attached hydrogen (secondary N) is 2. The van der Waals surface area contributed by atoms with Crippen LogP contribution in [0.25, 0.3) is 0 Å². The average Bonchev–Trinajstić information content (AvgIpc) is 3.13. The Morgan fingerprint density at radius 2 is 2.00 bits per heavy atom. The van der Waals surface area contributed by atoms with Crippen LogP contribution in [0.4, 0.5) is 0 Å². The van der Waals surface area contributed by atoms with Crippen molar-refractivity contribution < 1.29 is 9.59 Å². The fourth-order valence-electron chi connectivity index (χ4n) is 4.00. The van der Waals surface area contributed by atoms with E-state index in [1.807, 2.05) is 12.1 Å². The number of rotatable bonds is 4. The fraction of sp³-hybridized carbons (Fsp3) is 0.529. The molecule has 0 aliphatic heterocycles. The second-order valence-corrected chi connectivity index (χ2v) is 6.43. The predicted octanol–water partition coefficient (Wildman–Crippen LogP) is 1.46. The number of nitrogens with two attached hydrogens (primary N) is 1. The number of hydrogen-bond acceptors (Lipinski definition) is 3. The van der Waals surface area contributed by atoms with Gasteiger partial charge in [-0.1, -0.05) is 12.1 Å². The molecule has 2 aliphatic carbocycles. The third-order valence-corrected chi connectivity index (χ3v) is 5.17. The first-order chi connectivity index (χ1) is 10.6. The van der Waals surface area contributed by atoms with Gasteiger partial charge in [0.15, 0.2) is 0 Å². The molecule has 4 atom stereocenters. The largest absolute Gasteiger partial charge is 0.355 e. The zero-order valence-electron chi connectivity index (χ0n) is 13.2. The van der Waals surface area contributed by atoms with Gasteiger partial charge in [0.05, 0.1) is 5.92 Å². The maximum absolute atomic E-state index is 12.4. The zero-order chi connectivity index (χ0) is 15.7. The SMILES string of the molecule is CNC(=O)c1cccc(CNC(=O)C2C3CCC(C3)C2N)c1.Cl. The van der Waals surface area contributed by atoms with Crippen LogP contribution in [0.5, 0.6) is 0 Å². The van der Waals surface area contributed by atoms with Crippen molar-refractivity contribution >= 4 is 24.2 Å². The molecular weight excluding hydrogens is 314 g/mol. The lowest BCUT2D eigenvalue weighted by Gasteiger charge is -2.27. The molecule has 3 rings (SSSR count). The number of benzene rings is 1. The minimum atomic E-state index is -0.122. The maximum Gasteiger partial charge on any atom is 0.251 e. The molecule has 0 heterocycles. The van der Waals surface area contributed by atoms with Crippen molar-refractivity contribution in [1.82, 2.24) is 10.6 Å². The first-order valence-corrected chi connectivity index (χ1v) is 7.94. The number of carbonyl (C=O) groups excluding carboxylic acids is 2. The van der Waals surface area contributed by atoms with E-state index in [1.54, 1.807) is 19.2 Å². The van der Waals surface area contributed by atoms with Crippen LogP contribution in [0.3, 0.4) is 0 Å². The van der Waals surface area contributed by atoms with Gasteiger partial charge in [0.2, 0.25) is 5.91 Å². The molecule has 0 aromatic heterocycles. The van der Waals surface area contributed by atoms with E-state index >= 15 is 0 Å². The summed E-state index contributed by atoms with van der Waals surface area (Å²) in [5, 5.41) is 5.59. The molecule has 4 N–H and O–H groups in total. The van der Waals surface area contributed by atoms with Crippen molar-refractivity contribution in [3.8, 4) is 0 Å². The third-order valence-electron chi connectivity index (χ3n) is 5.17. The van der Waals surface area contributed by atoms with Crippen molar-refractivity contribution in [2.45, 2.75) is 31.8 Å².